The molecule has 2 rings (SSSR count). The smallest absolute Gasteiger partial charge is 0.344 e. The lowest BCUT2D eigenvalue weighted by Gasteiger charge is -2.13. The minimum absolute atomic E-state index is 0.208. The second-order valence-electron chi connectivity index (χ2n) is 5.00. The fourth-order valence-corrected chi connectivity index (χ4v) is 2.71. The van der Waals surface area contributed by atoms with Gasteiger partial charge in [0.05, 0.1) is 6.61 Å². The third kappa shape index (κ3) is 3.33. The molecule has 0 spiro atoms. The number of esters is 1. The Balaban J connectivity index is 2.29. The predicted octanol–water partition coefficient (Wildman–Crippen LogP) is 2.34. The van der Waals surface area contributed by atoms with Crippen LogP contribution in [0.25, 0.3) is 0 Å². The normalized spacial score (nSPS) is 12.6. The molecule has 1 aliphatic carbocycles. The number of carbonyl (C=O) groups is 1. The number of carbonyl (C=O) groups excluding carboxylic acids is 1. The van der Waals surface area contributed by atoms with Gasteiger partial charge in [-0.25, -0.2) is 9.78 Å². The zero-order valence-corrected chi connectivity index (χ0v) is 12.6. The third-order valence-corrected chi connectivity index (χ3v) is 3.55. The van der Waals surface area contributed by atoms with Crippen LogP contribution in [0.2, 0.25) is 0 Å². The van der Waals surface area contributed by atoms with Gasteiger partial charge in [0.1, 0.15) is 11.6 Å². The van der Waals surface area contributed by atoms with Gasteiger partial charge in [0.2, 0.25) is 5.88 Å². The molecule has 0 saturated carbocycles. The Bertz CT molecular complexity index is 576. The highest BCUT2D eigenvalue weighted by molar-refractivity contribution is 5.71. The van der Waals surface area contributed by atoms with Gasteiger partial charge in [0, 0.05) is 5.69 Å². The number of fused-ring (bicyclic) bond motifs is 1. The Hall–Kier alpha value is -2.09. The molecule has 0 radical (unpaired) electrons. The first-order chi connectivity index (χ1) is 10.2. The fourth-order valence-electron chi connectivity index (χ4n) is 2.71. The van der Waals surface area contributed by atoms with Crippen molar-refractivity contribution >= 4 is 5.97 Å². The molecule has 21 heavy (non-hydrogen) atoms. The number of nitriles is 1. The summed E-state index contributed by atoms with van der Waals surface area (Å²) in [4.78, 5) is 15.9. The van der Waals surface area contributed by atoms with Crippen molar-refractivity contribution in [2.45, 2.75) is 46.0 Å². The molecular formula is C16H20N2O3. The van der Waals surface area contributed by atoms with E-state index >= 15 is 0 Å². The first-order valence-corrected chi connectivity index (χ1v) is 7.44. The lowest BCUT2D eigenvalue weighted by molar-refractivity contribution is -0.145. The number of nitrogens with zero attached hydrogens (tertiary/aromatic N) is 2. The summed E-state index contributed by atoms with van der Waals surface area (Å²) in [6.45, 7) is 3.94. The molecule has 0 bridgehead atoms. The summed E-state index contributed by atoms with van der Waals surface area (Å²) in [5, 5.41) is 9.39. The summed E-state index contributed by atoms with van der Waals surface area (Å²) in [7, 11) is 0. The van der Waals surface area contributed by atoms with Crippen molar-refractivity contribution in [1.82, 2.24) is 4.98 Å². The van der Waals surface area contributed by atoms with Crippen molar-refractivity contribution in [2.75, 3.05) is 13.2 Å². The maximum atomic E-state index is 11.4. The SMILES string of the molecule is CCCc1nc(OCC(=O)OCC)c(C#N)c2c1CCC2. The van der Waals surface area contributed by atoms with Crippen molar-refractivity contribution in [3.8, 4) is 11.9 Å². The zero-order chi connectivity index (χ0) is 15.2. The first-order valence-electron chi connectivity index (χ1n) is 7.44. The lowest BCUT2D eigenvalue weighted by Crippen LogP contribution is -2.16. The molecule has 1 aromatic heterocycles. The van der Waals surface area contributed by atoms with E-state index < -0.39 is 5.97 Å². The van der Waals surface area contributed by atoms with Gasteiger partial charge >= 0.3 is 5.97 Å². The highest BCUT2D eigenvalue weighted by Gasteiger charge is 2.24. The quantitative estimate of drug-likeness (QED) is 0.751. The van der Waals surface area contributed by atoms with E-state index in [4.69, 9.17) is 9.47 Å². The molecule has 5 heteroatoms. The Morgan fingerprint density at radius 2 is 2.10 bits per heavy atom. The van der Waals surface area contributed by atoms with E-state index in [1.807, 2.05) is 0 Å². The average molecular weight is 288 g/mol. The van der Waals surface area contributed by atoms with E-state index in [1.165, 1.54) is 5.56 Å². The maximum Gasteiger partial charge on any atom is 0.344 e. The molecule has 5 nitrogen and oxygen atoms in total. The first kappa shape index (κ1) is 15.3. The van der Waals surface area contributed by atoms with Crippen LogP contribution >= 0.6 is 0 Å². The molecule has 0 aliphatic heterocycles. The monoisotopic (exact) mass is 288 g/mol. The van der Waals surface area contributed by atoms with Crippen molar-refractivity contribution in [1.29, 1.82) is 5.26 Å². The minimum atomic E-state index is -0.444. The largest absolute Gasteiger partial charge is 0.465 e. The van der Waals surface area contributed by atoms with Crippen molar-refractivity contribution in [3.05, 3.63) is 22.4 Å². The van der Waals surface area contributed by atoms with Crippen LogP contribution in [0.1, 0.15) is 49.1 Å². The molecule has 0 saturated heterocycles. The second-order valence-corrected chi connectivity index (χ2v) is 5.00. The Labute approximate surface area is 124 Å². The van der Waals surface area contributed by atoms with Crippen LogP contribution in [0, 0.1) is 11.3 Å². The highest BCUT2D eigenvalue weighted by Crippen LogP contribution is 2.32. The van der Waals surface area contributed by atoms with Crippen molar-refractivity contribution in [3.63, 3.8) is 0 Å². The standard InChI is InChI=1S/C16H20N2O3/c1-3-6-14-12-8-5-7-11(12)13(9-17)16(18-14)21-10-15(19)20-4-2/h3-8,10H2,1-2H3. The van der Waals surface area contributed by atoms with Gasteiger partial charge in [0.15, 0.2) is 6.61 Å². The van der Waals surface area contributed by atoms with Crippen LogP contribution in [0.3, 0.4) is 0 Å². The van der Waals surface area contributed by atoms with Crippen LogP contribution < -0.4 is 4.74 Å². The van der Waals surface area contributed by atoms with Crippen LogP contribution in [0.5, 0.6) is 5.88 Å². The molecule has 1 aromatic rings. The number of rotatable bonds is 6. The van der Waals surface area contributed by atoms with Crippen LogP contribution in [-0.2, 0) is 28.8 Å². The molecule has 0 atom stereocenters. The van der Waals surface area contributed by atoms with E-state index in [9.17, 15) is 10.1 Å². The fraction of sp³-hybridized carbons (Fsp3) is 0.562. The van der Waals surface area contributed by atoms with E-state index in [0.29, 0.717) is 12.2 Å². The maximum absolute atomic E-state index is 11.4. The molecule has 112 valence electrons. The van der Waals surface area contributed by atoms with Crippen LogP contribution in [-0.4, -0.2) is 24.2 Å². The van der Waals surface area contributed by atoms with Crippen LogP contribution in [0.4, 0.5) is 0 Å². The molecule has 0 N–H and O–H groups in total. The van der Waals surface area contributed by atoms with Gasteiger partial charge < -0.3 is 9.47 Å². The lowest BCUT2D eigenvalue weighted by atomic mass is 10.0. The second kappa shape index (κ2) is 7.07. The number of hydrogen-bond donors (Lipinski definition) is 0. The van der Waals surface area contributed by atoms with Gasteiger partial charge in [-0.05, 0) is 43.7 Å². The molecular weight excluding hydrogens is 268 g/mol. The molecule has 0 unspecified atom stereocenters. The van der Waals surface area contributed by atoms with E-state index in [1.54, 1.807) is 6.92 Å². The van der Waals surface area contributed by atoms with Crippen molar-refractivity contribution < 1.29 is 14.3 Å². The van der Waals surface area contributed by atoms with Crippen molar-refractivity contribution in [2.24, 2.45) is 0 Å². The topological polar surface area (TPSA) is 72.2 Å². The van der Waals surface area contributed by atoms with E-state index in [-0.39, 0.29) is 12.5 Å². The number of pyridine rings is 1. The number of aryl methyl sites for hydroxylation is 1. The number of hydrogen-bond acceptors (Lipinski definition) is 5. The summed E-state index contributed by atoms with van der Waals surface area (Å²) < 4.78 is 10.3. The molecule has 1 heterocycles. The molecule has 0 aromatic carbocycles. The number of ether oxygens (including phenoxy) is 2. The zero-order valence-electron chi connectivity index (χ0n) is 12.6. The minimum Gasteiger partial charge on any atom is -0.465 e. The summed E-state index contributed by atoms with van der Waals surface area (Å²) in [5.41, 5.74) is 3.74. The van der Waals surface area contributed by atoms with Gasteiger partial charge in [-0.1, -0.05) is 13.3 Å². The highest BCUT2D eigenvalue weighted by atomic mass is 16.6. The molecule has 0 amide bonds. The summed E-state index contributed by atoms with van der Waals surface area (Å²) in [6, 6.07) is 2.18. The van der Waals surface area contributed by atoms with Crippen LogP contribution in [0.15, 0.2) is 0 Å². The van der Waals surface area contributed by atoms with Gasteiger partial charge in [-0.3, -0.25) is 0 Å². The van der Waals surface area contributed by atoms with Gasteiger partial charge in [0.25, 0.3) is 0 Å². The molecule has 0 fully saturated rings. The average Bonchev–Trinajstić information content (AvgIpc) is 2.95. The molecule has 1 aliphatic rings. The Morgan fingerprint density at radius 3 is 2.76 bits per heavy atom. The van der Waals surface area contributed by atoms with E-state index in [0.717, 1.165) is 43.4 Å². The third-order valence-electron chi connectivity index (χ3n) is 3.55. The van der Waals surface area contributed by atoms with E-state index in [2.05, 4.69) is 18.0 Å². The van der Waals surface area contributed by atoms with Gasteiger partial charge in [-0.15, -0.1) is 0 Å². The summed E-state index contributed by atoms with van der Waals surface area (Å²) in [5.74, 6) is -0.171. The van der Waals surface area contributed by atoms with Gasteiger partial charge in [-0.2, -0.15) is 5.26 Å². The Morgan fingerprint density at radius 1 is 1.33 bits per heavy atom. The summed E-state index contributed by atoms with van der Waals surface area (Å²) in [6.07, 6.45) is 4.76. The summed E-state index contributed by atoms with van der Waals surface area (Å²) >= 11 is 0. The predicted molar refractivity (Wildman–Crippen MR) is 77.1 cm³/mol. The number of aromatic nitrogens is 1. The Kier molecular flexibility index (Phi) is 5.15.